The Balaban J connectivity index is 2.19. The van der Waals surface area contributed by atoms with E-state index in [-0.39, 0.29) is 11.7 Å². The molecule has 3 nitrogen and oxygen atoms in total. The minimum absolute atomic E-state index is 0.0181. The number of nitriles is 1. The van der Waals surface area contributed by atoms with Crippen LogP contribution in [0.4, 0.5) is 0 Å². The highest BCUT2D eigenvalue weighted by Crippen LogP contribution is 2.50. The summed E-state index contributed by atoms with van der Waals surface area (Å²) in [6.07, 6.45) is 1.93. The Hall–Kier alpha value is -1.46. The molecule has 0 aromatic carbocycles. The molecule has 0 radical (unpaired) electrons. The zero-order valence-corrected chi connectivity index (χ0v) is 15.4. The van der Waals surface area contributed by atoms with Gasteiger partial charge >= 0.3 is 0 Å². The second kappa shape index (κ2) is 6.97. The summed E-state index contributed by atoms with van der Waals surface area (Å²) in [5.41, 5.74) is 7.23. The van der Waals surface area contributed by atoms with E-state index < -0.39 is 0 Å². The van der Waals surface area contributed by atoms with Gasteiger partial charge in [-0.2, -0.15) is 5.26 Å². The number of ketones is 1. The molecule has 7 heteroatoms. The third kappa shape index (κ3) is 3.00. The molecule has 0 bridgehead atoms. The number of hydrogen-bond donors (Lipinski definition) is 1. The van der Waals surface area contributed by atoms with Crippen LogP contribution in [0.5, 0.6) is 0 Å². The van der Waals surface area contributed by atoms with Gasteiger partial charge in [-0.15, -0.1) is 34.4 Å². The first-order valence-corrected chi connectivity index (χ1v) is 10.4. The van der Waals surface area contributed by atoms with E-state index in [0.29, 0.717) is 21.1 Å². The largest absolute Gasteiger partial charge is 0.392 e. The molecule has 23 heavy (non-hydrogen) atoms. The normalized spacial score (nSPS) is 18.2. The third-order valence-corrected chi connectivity index (χ3v) is 7.38. The van der Waals surface area contributed by atoms with E-state index in [9.17, 15) is 10.1 Å². The smallest absolute Gasteiger partial charge is 0.201 e. The average molecular weight is 377 g/mol. The lowest BCUT2D eigenvalue weighted by Gasteiger charge is -2.26. The maximum Gasteiger partial charge on any atom is 0.201 e. The number of carbonyl (C=O) groups excluding carboxylic acids is 1. The van der Waals surface area contributed by atoms with E-state index in [0.717, 1.165) is 9.11 Å². The van der Waals surface area contributed by atoms with Crippen LogP contribution in [0.25, 0.3) is 0 Å². The molecule has 1 aliphatic rings. The minimum atomic E-state index is -0.377. The van der Waals surface area contributed by atoms with E-state index in [4.69, 9.17) is 5.73 Å². The van der Waals surface area contributed by atoms with Crippen molar-refractivity contribution >= 4 is 52.0 Å². The lowest BCUT2D eigenvalue weighted by atomic mass is 9.88. The van der Waals surface area contributed by atoms with Gasteiger partial charge in [0.15, 0.2) is 0 Å². The van der Waals surface area contributed by atoms with Crippen LogP contribution in [-0.4, -0.2) is 12.0 Å². The lowest BCUT2D eigenvalue weighted by Crippen LogP contribution is -2.19. The molecule has 2 N–H and O–H groups in total. The summed E-state index contributed by atoms with van der Waals surface area (Å²) in [6, 6.07) is 9.78. The van der Waals surface area contributed by atoms with Crippen LogP contribution in [0.2, 0.25) is 0 Å². The number of thiophene rings is 2. The van der Waals surface area contributed by atoms with Gasteiger partial charge in [-0.05, 0) is 29.1 Å². The number of nitrogens with zero attached hydrogens (tertiary/aromatic N) is 1. The van der Waals surface area contributed by atoms with Gasteiger partial charge < -0.3 is 5.73 Å². The fourth-order valence-electron chi connectivity index (χ4n) is 2.39. The van der Waals surface area contributed by atoms with Crippen molar-refractivity contribution in [2.75, 3.05) is 6.26 Å². The van der Waals surface area contributed by atoms with Gasteiger partial charge in [0, 0.05) is 10.5 Å². The van der Waals surface area contributed by atoms with Crippen molar-refractivity contribution in [1.29, 1.82) is 5.26 Å². The number of allylic oxidation sites excluding steroid dienone is 2. The molecule has 2 aromatic rings. The minimum Gasteiger partial charge on any atom is -0.392 e. The third-order valence-electron chi connectivity index (χ3n) is 3.39. The molecular weight excluding hydrogens is 364 g/mol. The highest BCUT2D eigenvalue weighted by atomic mass is 32.2. The highest BCUT2D eigenvalue weighted by Gasteiger charge is 2.36. The molecule has 0 saturated carbocycles. The van der Waals surface area contributed by atoms with Gasteiger partial charge in [0.25, 0.3) is 0 Å². The Kier molecular flexibility index (Phi) is 4.97. The van der Waals surface area contributed by atoms with Crippen molar-refractivity contribution in [2.45, 2.75) is 5.92 Å². The molecule has 1 atom stereocenters. The Bertz CT molecular complexity index is 826. The van der Waals surface area contributed by atoms with Gasteiger partial charge in [0.1, 0.15) is 0 Å². The lowest BCUT2D eigenvalue weighted by molar-refractivity contribution is 0.103. The van der Waals surface area contributed by atoms with Crippen LogP contribution in [0.15, 0.2) is 55.4 Å². The predicted octanol–water partition coefficient (Wildman–Crippen LogP) is 4.79. The van der Waals surface area contributed by atoms with E-state index in [2.05, 4.69) is 6.07 Å². The molecule has 116 valence electrons. The second-order valence-electron chi connectivity index (χ2n) is 4.65. The fourth-order valence-corrected chi connectivity index (χ4v) is 5.74. The number of carbonyl (C=O) groups is 1. The van der Waals surface area contributed by atoms with Crippen LogP contribution in [0, 0.1) is 11.3 Å². The molecule has 0 saturated heterocycles. The molecule has 0 spiro atoms. The topological polar surface area (TPSA) is 66.9 Å². The molecular formula is C16H12N2OS4. The van der Waals surface area contributed by atoms with E-state index in [1.54, 1.807) is 0 Å². The standard InChI is InChI=1S/C16H12N2OS4/c1-20-16-13(14(19)11-5-3-7-22-11)12(10-4-2-6-21-10)9(8-17)15(18)23-16/h2-7,12H,18H2,1H3/t12-/m0/s1. The Morgan fingerprint density at radius 2 is 2.04 bits per heavy atom. The van der Waals surface area contributed by atoms with Crippen LogP contribution in [0.3, 0.4) is 0 Å². The summed E-state index contributed by atoms with van der Waals surface area (Å²) < 4.78 is 0.873. The van der Waals surface area contributed by atoms with Gasteiger partial charge in [-0.3, -0.25) is 4.79 Å². The first kappa shape index (κ1) is 16.4. The SMILES string of the molecule is CSC1=C(C(=O)c2cccs2)[C@H](c2cccs2)C(C#N)=C(N)S1. The van der Waals surface area contributed by atoms with Crippen molar-refractivity contribution < 1.29 is 4.79 Å². The zero-order valence-electron chi connectivity index (χ0n) is 12.1. The number of nitrogens with two attached hydrogens (primary N) is 1. The Morgan fingerprint density at radius 1 is 1.30 bits per heavy atom. The monoisotopic (exact) mass is 376 g/mol. The van der Waals surface area contributed by atoms with Crippen LogP contribution in [-0.2, 0) is 0 Å². The van der Waals surface area contributed by atoms with Gasteiger partial charge in [-0.25, -0.2) is 0 Å². The van der Waals surface area contributed by atoms with Crippen LogP contribution in [0.1, 0.15) is 20.5 Å². The Labute approximate surface area is 150 Å². The molecule has 1 aliphatic heterocycles. The van der Waals surface area contributed by atoms with Gasteiger partial charge in [-0.1, -0.05) is 23.9 Å². The second-order valence-corrected chi connectivity index (χ2v) is 8.71. The van der Waals surface area contributed by atoms with Crippen LogP contribution < -0.4 is 5.73 Å². The molecule has 0 unspecified atom stereocenters. The Morgan fingerprint density at radius 3 is 2.61 bits per heavy atom. The maximum atomic E-state index is 13.1. The van der Waals surface area contributed by atoms with Crippen molar-refractivity contribution in [2.24, 2.45) is 5.73 Å². The summed E-state index contributed by atoms with van der Waals surface area (Å²) in [5, 5.41) is 13.9. The van der Waals surface area contributed by atoms with Crippen molar-refractivity contribution in [3.63, 3.8) is 0 Å². The molecule has 3 rings (SSSR count). The number of Topliss-reactive ketones (excluding diaryl/α,β-unsaturated/α-hetero) is 1. The first-order valence-electron chi connectivity index (χ1n) is 6.64. The van der Waals surface area contributed by atoms with E-state index in [1.807, 2.05) is 41.3 Å². The summed E-state index contributed by atoms with van der Waals surface area (Å²) >= 11 is 5.78. The average Bonchev–Trinajstić information content (AvgIpc) is 3.26. The number of thioether (sulfide) groups is 2. The maximum absolute atomic E-state index is 13.1. The van der Waals surface area contributed by atoms with Gasteiger partial charge in [0.05, 0.1) is 31.7 Å². The zero-order chi connectivity index (χ0) is 16.4. The summed E-state index contributed by atoms with van der Waals surface area (Å²) in [6.45, 7) is 0. The summed E-state index contributed by atoms with van der Waals surface area (Å²) in [5.74, 6) is -0.395. The summed E-state index contributed by atoms with van der Waals surface area (Å²) in [7, 11) is 0. The first-order chi connectivity index (χ1) is 11.2. The quantitative estimate of drug-likeness (QED) is 0.777. The predicted molar refractivity (Wildman–Crippen MR) is 101 cm³/mol. The van der Waals surface area contributed by atoms with Crippen LogP contribution >= 0.6 is 46.2 Å². The molecule has 2 aromatic heterocycles. The molecule has 3 heterocycles. The molecule has 0 fully saturated rings. The highest BCUT2D eigenvalue weighted by molar-refractivity contribution is 8.23. The fraction of sp³-hybridized carbons (Fsp3) is 0.125. The number of rotatable bonds is 4. The van der Waals surface area contributed by atoms with Gasteiger partial charge in [0.2, 0.25) is 5.78 Å². The van der Waals surface area contributed by atoms with Crippen molar-refractivity contribution in [1.82, 2.24) is 0 Å². The summed E-state index contributed by atoms with van der Waals surface area (Å²) in [4.78, 5) is 14.7. The van der Waals surface area contributed by atoms with E-state index >= 15 is 0 Å². The van der Waals surface area contributed by atoms with Crippen molar-refractivity contribution in [3.05, 3.63) is 65.2 Å². The molecule has 0 amide bonds. The number of hydrogen-bond acceptors (Lipinski definition) is 7. The molecule has 0 aliphatic carbocycles. The van der Waals surface area contributed by atoms with Crippen molar-refractivity contribution in [3.8, 4) is 6.07 Å². The van der Waals surface area contributed by atoms with E-state index in [1.165, 1.54) is 46.2 Å².